The molecule has 18 heavy (non-hydrogen) atoms. The number of aliphatic carboxylic acids is 1. The highest BCUT2D eigenvalue weighted by molar-refractivity contribution is 6.05. The van der Waals surface area contributed by atoms with Gasteiger partial charge in [0.1, 0.15) is 0 Å². The van der Waals surface area contributed by atoms with Gasteiger partial charge < -0.3 is 5.11 Å². The van der Waals surface area contributed by atoms with E-state index in [9.17, 15) is 14.4 Å². The van der Waals surface area contributed by atoms with E-state index in [1.807, 2.05) is 12.2 Å². The molecule has 0 bridgehead atoms. The Morgan fingerprint density at radius 2 is 1.83 bits per heavy atom. The molecule has 1 aliphatic heterocycles. The quantitative estimate of drug-likeness (QED) is 0.598. The van der Waals surface area contributed by atoms with Crippen LogP contribution in [0.1, 0.15) is 26.2 Å². The molecule has 0 aromatic carbocycles. The molecule has 0 aromatic heterocycles. The van der Waals surface area contributed by atoms with E-state index in [0.29, 0.717) is 19.3 Å². The van der Waals surface area contributed by atoms with Gasteiger partial charge in [0.05, 0.1) is 17.8 Å². The fourth-order valence-corrected chi connectivity index (χ4v) is 2.65. The van der Waals surface area contributed by atoms with Gasteiger partial charge in [-0.25, -0.2) is 0 Å². The second kappa shape index (κ2) is 4.92. The minimum absolute atomic E-state index is 0.0104. The Morgan fingerprint density at radius 3 is 2.22 bits per heavy atom. The van der Waals surface area contributed by atoms with Crippen LogP contribution in [-0.4, -0.2) is 34.3 Å². The van der Waals surface area contributed by atoms with Gasteiger partial charge >= 0.3 is 5.97 Å². The minimum atomic E-state index is -0.953. The number of carbonyl (C=O) groups excluding carboxylic acids is 2. The Labute approximate surface area is 105 Å². The van der Waals surface area contributed by atoms with Crippen LogP contribution in [0, 0.1) is 17.8 Å². The molecule has 0 spiro atoms. The summed E-state index contributed by atoms with van der Waals surface area (Å²) in [5.41, 5.74) is 0. The zero-order valence-corrected chi connectivity index (χ0v) is 10.3. The van der Waals surface area contributed by atoms with Gasteiger partial charge in [0.2, 0.25) is 11.8 Å². The number of imide groups is 1. The van der Waals surface area contributed by atoms with Gasteiger partial charge in [-0.1, -0.05) is 19.1 Å². The van der Waals surface area contributed by atoms with Crippen LogP contribution in [0.4, 0.5) is 0 Å². The lowest BCUT2D eigenvalue weighted by Crippen LogP contribution is -2.38. The molecule has 1 N–H and O–H groups in total. The van der Waals surface area contributed by atoms with Crippen molar-refractivity contribution < 1.29 is 19.5 Å². The maximum atomic E-state index is 12.1. The maximum absolute atomic E-state index is 12.1. The van der Waals surface area contributed by atoms with Gasteiger partial charge in [0, 0.05) is 6.54 Å². The van der Waals surface area contributed by atoms with Crippen molar-refractivity contribution in [3.05, 3.63) is 12.2 Å². The summed E-state index contributed by atoms with van der Waals surface area (Å²) in [7, 11) is 0. The average Bonchev–Trinajstić information content (AvgIpc) is 2.60. The van der Waals surface area contributed by atoms with Gasteiger partial charge in [-0.3, -0.25) is 19.3 Å². The first-order valence-corrected chi connectivity index (χ1v) is 6.29. The molecule has 0 radical (unpaired) electrons. The summed E-state index contributed by atoms with van der Waals surface area (Å²) in [5, 5.41) is 9.00. The van der Waals surface area contributed by atoms with Crippen molar-refractivity contribution >= 4 is 17.8 Å². The first-order chi connectivity index (χ1) is 8.56. The van der Waals surface area contributed by atoms with Gasteiger partial charge in [0.15, 0.2) is 0 Å². The Bertz CT molecular complexity index is 389. The summed E-state index contributed by atoms with van der Waals surface area (Å²) in [6.45, 7) is 1.76. The Hall–Kier alpha value is -1.65. The SMILES string of the molecule is CCC(CN1C(=O)C2CC=CCC2C1=O)C(=O)O. The molecule has 5 heteroatoms. The van der Waals surface area contributed by atoms with E-state index in [0.717, 1.165) is 4.90 Å². The predicted molar refractivity (Wildman–Crippen MR) is 63.5 cm³/mol. The topological polar surface area (TPSA) is 74.7 Å². The monoisotopic (exact) mass is 251 g/mol. The van der Waals surface area contributed by atoms with Crippen LogP contribution in [0.3, 0.4) is 0 Å². The highest BCUT2D eigenvalue weighted by atomic mass is 16.4. The van der Waals surface area contributed by atoms with Crippen LogP contribution in [0.5, 0.6) is 0 Å². The zero-order chi connectivity index (χ0) is 13.3. The largest absolute Gasteiger partial charge is 0.481 e. The molecule has 0 saturated carbocycles. The van der Waals surface area contributed by atoms with Crippen molar-refractivity contribution in [3.63, 3.8) is 0 Å². The van der Waals surface area contributed by atoms with Crippen molar-refractivity contribution in [3.8, 4) is 0 Å². The van der Waals surface area contributed by atoms with Crippen LogP contribution in [0.15, 0.2) is 12.2 Å². The fourth-order valence-electron chi connectivity index (χ4n) is 2.65. The van der Waals surface area contributed by atoms with Crippen molar-refractivity contribution in [2.24, 2.45) is 17.8 Å². The number of allylic oxidation sites excluding steroid dienone is 2. The number of fused-ring (bicyclic) bond motifs is 1. The molecular weight excluding hydrogens is 234 g/mol. The molecule has 3 atom stereocenters. The molecule has 2 aliphatic rings. The number of hydrogen-bond donors (Lipinski definition) is 1. The standard InChI is InChI=1S/C13H17NO4/c1-2-8(13(17)18)7-14-11(15)9-5-3-4-6-10(9)12(14)16/h3-4,8-10H,2,5-7H2,1H3,(H,17,18). The minimum Gasteiger partial charge on any atom is -0.481 e. The third-order valence-corrected chi connectivity index (χ3v) is 3.84. The summed E-state index contributed by atoms with van der Waals surface area (Å²) < 4.78 is 0. The molecule has 1 heterocycles. The molecule has 2 amide bonds. The number of carboxylic acid groups (broad SMARTS) is 1. The maximum Gasteiger partial charge on any atom is 0.308 e. The van der Waals surface area contributed by atoms with Crippen molar-refractivity contribution in [1.82, 2.24) is 4.90 Å². The molecule has 1 aliphatic carbocycles. The first-order valence-electron chi connectivity index (χ1n) is 6.29. The number of carboxylic acids is 1. The predicted octanol–water partition coefficient (Wildman–Crippen LogP) is 1.05. The second-order valence-electron chi connectivity index (χ2n) is 4.89. The van der Waals surface area contributed by atoms with E-state index in [2.05, 4.69) is 0 Å². The van der Waals surface area contributed by atoms with Crippen LogP contribution in [0.2, 0.25) is 0 Å². The molecule has 0 aromatic rings. The highest BCUT2D eigenvalue weighted by Gasteiger charge is 2.47. The van der Waals surface area contributed by atoms with Crippen LogP contribution in [0.25, 0.3) is 0 Å². The number of carbonyl (C=O) groups is 3. The number of nitrogens with zero attached hydrogens (tertiary/aromatic N) is 1. The van der Waals surface area contributed by atoms with E-state index < -0.39 is 11.9 Å². The summed E-state index contributed by atoms with van der Waals surface area (Å²) in [5.74, 6) is -2.55. The Morgan fingerprint density at radius 1 is 1.33 bits per heavy atom. The molecule has 3 unspecified atom stereocenters. The summed E-state index contributed by atoms with van der Waals surface area (Å²) in [4.78, 5) is 36.3. The van der Waals surface area contributed by atoms with Gasteiger partial charge in [-0.15, -0.1) is 0 Å². The molecule has 1 saturated heterocycles. The van der Waals surface area contributed by atoms with Gasteiger partial charge in [0.25, 0.3) is 0 Å². The van der Waals surface area contributed by atoms with E-state index >= 15 is 0 Å². The number of amides is 2. The molecule has 2 rings (SSSR count). The third-order valence-electron chi connectivity index (χ3n) is 3.84. The number of hydrogen-bond acceptors (Lipinski definition) is 3. The molecular formula is C13H17NO4. The van der Waals surface area contributed by atoms with Crippen LogP contribution in [-0.2, 0) is 14.4 Å². The number of rotatable bonds is 4. The van der Waals surface area contributed by atoms with Crippen molar-refractivity contribution in [2.75, 3.05) is 6.54 Å². The molecule has 98 valence electrons. The fraction of sp³-hybridized carbons (Fsp3) is 0.615. The van der Waals surface area contributed by atoms with Crippen LogP contribution < -0.4 is 0 Å². The highest BCUT2D eigenvalue weighted by Crippen LogP contribution is 2.35. The lowest BCUT2D eigenvalue weighted by molar-refractivity contribution is -0.146. The molecule has 1 fully saturated rings. The van der Waals surface area contributed by atoms with E-state index in [1.165, 1.54) is 0 Å². The van der Waals surface area contributed by atoms with Crippen molar-refractivity contribution in [1.29, 1.82) is 0 Å². The molecule has 5 nitrogen and oxygen atoms in total. The normalized spacial score (nSPS) is 28.4. The average molecular weight is 251 g/mol. The van der Waals surface area contributed by atoms with Crippen LogP contribution >= 0.6 is 0 Å². The van der Waals surface area contributed by atoms with Gasteiger partial charge in [-0.2, -0.15) is 0 Å². The van der Waals surface area contributed by atoms with Gasteiger partial charge in [-0.05, 0) is 19.3 Å². The third kappa shape index (κ3) is 2.05. The zero-order valence-electron chi connectivity index (χ0n) is 10.3. The second-order valence-corrected chi connectivity index (χ2v) is 4.89. The van der Waals surface area contributed by atoms with E-state index in [1.54, 1.807) is 6.92 Å². The Kier molecular flexibility index (Phi) is 3.50. The lowest BCUT2D eigenvalue weighted by atomic mass is 9.85. The summed E-state index contributed by atoms with van der Waals surface area (Å²) in [6, 6.07) is 0. The first kappa shape index (κ1) is 12.8. The Balaban J connectivity index is 2.13. The van der Waals surface area contributed by atoms with E-state index in [4.69, 9.17) is 5.11 Å². The van der Waals surface area contributed by atoms with E-state index in [-0.39, 0.29) is 30.2 Å². The summed E-state index contributed by atoms with van der Waals surface area (Å²) in [6.07, 6.45) is 5.44. The summed E-state index contributed by atoms with van der Waals surface area (Å²) >= 11 is 0. The van der Waals surface area contributed by atoms with Crippen molar-refractivity contribution in [2.45, 2.75) is 26.2 Å². The smallest absolute Gasteiger partial charge is 0.308 e. The number of likely N-dealkylation sites (tertiary alicyclic amines) is 1. The lowest BCUT2D eigenvalue weighted by Gasteiger charge is -2.18.